The van der Waals surface area contributed by atoms with Crippen LogP contribution in [0, 0.1) is 0 Å². The molecule has 0 saturated carbocycles. The van der Waals surface area contributed by atoms with E-state index < -0.39 is 10.0 Å². The van der Waals surface area contributed by atoms with Gasteiger partial charge in [-0.2, -0.15) is 0 Å². The van der Waals surface area contributed by atoms with Crippen molar-refractivity contribution in [2.24, 2.45) is 0 Å². The van der Waals surface area contributed by atoms with Gasteiger partial charge in [0.05, 0.1) is 4.90 Å². The van der Waals surface area contributed by atoms with Crippen molar-refractivity contribution >= 4 is 38.2 Å². The second-order valence-corrected chi connectivity index (χ2v) is 8.03. The quantitative estimate of drug-likeness (QED) is 0.503. The van der Waals surface area contributed by atoms with E-state index in [0.717, 1.165) is 22.2 Å². The Morgan fingerprint density at radius 2 is 1.58 bits per heavy atom. The van der Waals surface area contributed by atoms with E-state index in [-0.39, 0.29) is 4.90 Å². The lowest BCUT2D eigenvalue weighted by molar-refractivity contribution is 0.601. The molecule has 0 bridgehead atoms. The van der Waals surface area contributed by atoms with Crippen molar-refractivity contribution in [3.63, 3.8) is 0 Å². The number of halogens is 1. The minimum Gasteiger partial charge on any atom is -0.355 e. The predicted molar refractivity (Wildman–Crippen MR) is 106 cm³/mol. The van der Waals surface area contributed by atoms with Crippen LogP contribution in [0.25, 0.3) is 22.2 Å². The molecular weight excluding hydrogens is 368 g/mol. The van der Waals surface area contributed by atoms with Crippen LogP contribution < -0.4 is 4.72 Å². The Bertz CT molecular complexity index is 1170. The summed E-state index contributed by atoms with van der Waals surface area (Å²) in [5.74, 6) is 0. The zero-order chi connectivity index (χ0) is 18.1. The molecule has 26 heavy (non-hydrogen) atoms. The number of aromatic nitrogens is 1. The number of aromatic amines is 1. The predicted octanol–water partition coefficient (Wildman–Crippen LogP) is 5.29. The van der Waals surface area contributed by atoms with Crippen LogP contribution in [0.3, 0.4) is 0 Å². The third-order valence-corrected chi connectivity index (χ3v) is 5.72. The summed E-state index contributed by atoms with van der Waals surface area (Å²) in [5, 5.41) is 1.72. The topological polar surface area (TPSA) is 62.0 Å². The number of anilines is 1. The largest absolute Gasteiger partial charge is 0.355 e. The first-order chi connectivity index (χ1) is 12.5. The second kappa shape index (κ2) is 6.52. The van der Waals surface area contributed by atoms with Gasteiger partial charge in [-0.25, -0.2) is 8.42 Å². The summed E-state index contributed by atoms with van der Waals surface area (Å²) in [6.07, 6.45) is 0. The molecule has 4 rings (SSSR count). The molecule has 130 valence electrons. The highest BCUT2D eigenvalue weighted by molar-refractivity contribution is 7.92. The first-order valence-electron chi connectivity index (χ1n) is 7.98. The van der Waals surface area contributed by atoms with Gasteiger partial charge in [0.1, 0.15) is 0 Å². The maximum absolute atomic E-state index is 12.4. The first-order valence-corrected chi connectivity index (χ1v) is 9.84. The van der Waals surface area contributed by atoms with Crippen LogP contribution in [-0.2, 0) is 10.0 Å². The van der Waals surface area contributed by atoms with Crippen molar-refractivity contribution in [1.82, 2.24) is 4.98 Å². The van der Waals surface area contributed by atoms with Gasteiger partial charge in [-0.1, -0.05) is 41.9 Å². The molecular formula is C20H15ClN2O2S. The van der Waals surface area contributed by atoms with Crippen LogP contribution in [0.4, 0.5) is 5.69 Å². The van der Waals surface area contributed by atoms with E-state index in [2.05, 4.69) is 9.71 Å². The van der Waals surface area contributed by atoms with Gasteiger partial charge >= 0.3 is 0 Å². The molecule has 0 amide bonds. The summed E-state index contributed by atoms with van der Waals surface area (Å²) in [6.45, 7) is 0. The molecule has 0 radical (unpaired) electrons. The minimum atomic E-state index is -3.59. The summed E-state index contributed by atoms with van der Waals surface area (Å²) in [6, 6.07) is 23.2. The molecule has 0 spiro atoms. The van der Waals surface area contributed by atoms with Gasteiger partial charge in [0, 0.05) is 27.3 Å². The van der Waals surface area contributed by atoms with Gasteiger partial charge in [-0.15, -0.1) is 0 Å². The van der Waals surface area contributed by atoms with Crippen molar-refractivity contribution in [3.8, 4) is 11.3 Å². The maximum Gasteiger partial charge on any atom is 0.261 e. The molecule has 1 aromatic heterocycles. The van der Waals surface area contributed by atoms with Crippen LogP contribution in [0.15, 0.2) is 83.8 Å². The molecule has 3 aromatic carbocycles. The summed E-state index contributed by atoms with van der Waals surface area (Å²) in [4.78, 5) is 3.57. The third kappa shape index (κ3) is 3.31. The van der Waals surface area contributed by atoms with E-state index in [0.29, 0.717) is 10.7 Å². The van der Waals surface area contributed by atoms with Gasteiger partial charge in [-0.05, 0) is 54.1 Å². The average molecular weight is 383 g/mol. The highest BCUT2D eigenvalue weighted by Gasteiger charge is 2.13. The van der Waals surface area contributed by atoms with Crippen LogP contribution in [-0.4, -0.2) is 13.4 Å². The molecule has 0 saturated heterocycles. The van der Waals surface area contributed by atoms with Crippen molar-refractivity contribution in [1.29, 1.82) is 0 Å². The molecule has 0 aliphatic rings. The van der Waals surface area contributed by atoms with E-state index in [4.69, 9.17) is 11.6 Å². The normalized spacial score (nSPS) is 11.6. The van der Waals surface area contributed by atoms with E-state index in [9.17, 15) is 8.42 Å². The summed E-state index contributed by atoms with van der Waals surface area (Å²) in [5.41, 5.74) is 3.41. The highest BCUT2D eigenvalue weighted by Crippen LogP contribution is 2.27. The lowest BCUT2D eigenvalue weighted by Gasteiger charge is -2.08. The zero-order valence-electron chi connectivity index (χ0n) is 13.6. The standard InChI is InChI=1S/C20H15ClN2O2S/c21-16-8-11-19-15(12-16)13-20(22-19)14-6-9-17(10-7-14)23-26(24,25)18-4-2-1-3-5-18/h1-13,22-23H. The summed E-state index contributed by atoms with van der Waals surface area (Å²) < 4.78 is 27.3. The lowest BCUT2D eigenvalue weighted by Crippen LogP contribution is -2.12. The molecule has 0 atom stereocenters. The Hall–Kier alpha value is -2.76. The Morgan fingerprint density at radius 3 is 2.31 bits per heavy atom. The van der Waals surface area contributed by atoms with Crippen LogP contribution in [0.5, 0.6) is 0 Å². The summed E-state index contributed by atoms with van der Waals surface area (Å²) >= 11 is 6.03. The van der Waals surface area contributed by atoms with E-state index in [1.165, 1.54) is 0 Å². The average Bonchev–Trinajstić information content (AvgIpc) is 3.06. The fraction of sp³-hybridized carbons (Fsp3) is 0. The number of sulfonamides is 1. The molecule has 4 nitrogen and oxygen atoms in total. The number of nitrogens with one attached hydrogen (secondary N) is 2. The number of fused-ring (bicyclic) bond motifs is 1. The van der Waals surface area contributed by atoms with E-state index in [1.54, 1.807) is 42.5 Å². The van der Waals surface area contributed by atoms with Crippen molar-refractivity contribution in [2.75, 3.05) is 4.72 Å². The van der Waals surface area contributed by atoms with Crippen molar-refractivity contribution in [3.05, 3.63) is 83.9 Å². The highest BCUT2D eigenvalue weighted by atomic mass is 35.5. The molecule has 6 heteroatoms. The molecule has 0 fully saturated rings. The smallest absolute Gasteiger partial charge is 0.261 e. The molecule has 0 aliphatic heterocycles. The monoisotopic (exact) mass is 382 g/mol. The molecule has 0 aliphatic carbocycles. The van der Waals surface area contributed by atoms with Gasteiger partial charge in [-0.3, -0.25) is 4.72 Å². The van der Waals surface area contributed by atoms with Crippen LogP contribution in [0.1, 0.15) is 0 Å². The Kier molecular flexibility index (Phi) is 4.18. The number of rotatable bonds is 4. The fourth-order valence-electron chi connectivity index (χ4n) is 2.79. The van der Waals surface area contributed by atoms with Gasteiger partial charge in [0.15, 0.2) is 0 Å². The Morgan fingerprint density at radius 1 is 0.846 bits per heavy atom. The zero-order valence-corrected chi connectivity index (χ0v) is 15.2. The third-order valence-electron chi connectivity index (χ3n) is 4.08. The van der Waals surface area contributed by atoms with E-state index >= 15 is 0 Å². The van der Waals surface area contributed by atoms with Gasteiger partial charge in [0.25, 0.3) is 10.0 Å². The van der Waals surface area contributed by atoms with Crippen LogP contribution >= 0.6 is 11.6 Å². The number of hydrogen-bond acceptors (Lipinski definition) is 2. The maximum atomic E-state index is 12.4. The minimum absolute atomic E-state index is 0.233. The number of H-pyrrole nitrogens is 1. The molecule has 2 N–H and O–H groups in total. The number of benzene rings is 3. The van der Waals surface area contributed by atoms with Crippen molar-refractivity contribution in [2.45, 2.75) is 4.90 Å². The Labute approximate surface area is 156 Å². The SMILES string of the molecule is O=S(=O)(Nc1ccc(-c2cc3cc(Cl)ccc3[nH]2)cc1)c1ccccc1. The van der Waals surface area contributed by atoms with Gasteiger partial charge < -0.3 is 4.98 Å². The molecule has 4 aromatic rings. The van der Waals surface area contributed by atoms with Crippen LogP contribution in [0.2, 0.25) is 5.02 Å². The number of hydrogen-bond donors (Lipinski definition) is 2. The fourth-order valence-corrected chi connectivity index (χ4v) is 4.05. The lowest BCUT2D eigenvalue weighted by atomic mass is 10.1. The molecule has 1 heterocycles. The first kappa shape index (κ1) is 16.7. The van der Waals surface area contributed by atoms with Crippen molar-refractivity contribution < 1.29 is 8.42 Å². The Balaban J connectivity index is 1.60. The summed E-state index contributed by atoms with van der Waals surface area (Å²) in [7, 11) is -3.59. The molecule has 0 unspecified atom stereocenters. The van der Waals surface area contributed by atoms with Gasteiger partial charge in [0.2, 0.25) is 0 Å². The van der Waals surface area contributed by atoms with E-state index in [1.807, 2.05) is 36.4 Å². The second-order valence-electron chi connectivity index (χ2n) is 5.91.